The predicted octanol–water partition coefficient (Wildman–Crippen LogP) is 4.36. The van der Waals surface area contributed by atoms with Crippen LogP contribution in [0.25, 0.3) is 0 Å². The number of benzene rings is 2. The van der Waals surface area contributed by atoms with Crippen molar-refractivity contribution in [1.82, 2.24) is 5.32 Å². The SMILES string of the molecule is COc1cc(CNCCc2ccccc2F)cc(Br)c1OC.Cl. The second-order valence-electron chi connectivity index (χ2n) is 4.83. The summed E-state index contributed by atoms with van der Waals surface area (Å²) in [6.45, 7) is 1.38. The van der Waals surface area contributed by atoms with Gasteiger partial charge >= 0.3 is 0 Å². The molecule has 0 aliphatic heterocycles. The van der Waals surface area contributed by atoms with Crippen molar-refractivity contribution in [2.24, 2.45) is 0 Å². The molecule has 0 aromatic heterocycles. The zero-order valence-corrected chi connectivity index (χ0v) is 15.5. The first-order valence-electron chi connectivity index (χ1n) is 7.00. The Hall–Kier alpha value is -1.30. The van der Waals surface area contributed by atoms with Gasteiger partial charge in [-0.2, -0.15) is 0 Å². The number of methoxy groups -OCH3 is 2. The smallest absolute Gasteiger partial charge is 0.174 e. The molecule has 3 nitrogen and oxygen atoms in total. The molecule has 6 heteroatoms. The number of hydrogen-bond acceptors (Lipinski definition) is 3. The van der Waals surface area contributed by atoms with E-state index in [1.807, 2.05) is 24.3 Å². The second kappa shape index (κ2) is 9.75. The first-order valence-corrected chi connectivity index (χ1v) is 7.79. The van der Waals surface area contributed by atoms with Crippen LogP contribution in [0.1, 0.15) is 11.1 Å². The maximum absolute atomic E-state index is 13.5. The summed E-state index contributed by atoms with van der Waals surface area (Å²) in [6, 6.07) is 10.8. The number of halogens is 3. The van der Waals surface area contributed by atoms with Crippen molar-refractivity contribution >= 4 is 28.3 Å². The van der Waals surface area contributed by atoms with Crippen LogP contribution >= 0.6 is 28.3 Å². The van der Waals surface area contributed by atoms with Gasteiger partial charge in [-0.15, -0.1) is 12.4 Å². The normalized spacial score (nSPS) is 10.1. The highest BCUT2D eigenvalue weighted by atomic mass is 79.9. The molecular formula is C17H20BrClFNO2. The molecule has 2 rings (SSSR count). The van der Waals surface area contributed by atoms with E-state index in [1.165, 1.54) is 6.07 Å². The average molecular weight is 405 g/mol. The minimum Gasteiger partial charge on any atom is -0.493 e. The molecule has 0 bridgehead atoms. The zero-order valence-electron chi connectivity index (χ0n) is 13.1. The van der Waals surface area contributed by atoms with Crippen molar-refractivity contribution in [3.63, 3.8) is 0 Å². The van der Waals surface area contributed by atoms with Crippen LogP contribution in [0, 0.1) is 5.82 Å². The summed E-state index contributed by atoms with van der Waals surface area (Å²) in [6.07, 6.45) is 0.654. The molecular weight excluding hydrogens is 385 g/mol. The third kappa shape index (κ3) is 5.37. The standard InChI is InChI=1S/C17H19BrFNO2.ClH/c1-21-16-10-12(9-14(18)17(16)22-2)11-20-8-7-13-5-3-4-6-15(13)19;/h3-6,9-10,20H,7-8,11H2,1-2H3;1H. The van der Waals surface area contributed by atoms with Crippen LogP contribution in [0.5, 0.6) is 11.5 Å². The molecule has 2 aromatic rings. The van der Waals surface area contributed by atoms with Crippen LogP contribution in [0.2, 0.25) is 0 Å². The molecule has 0 amide bonds. The highest BCUT2D eigenvalue weighted by Crippen LogP contribution is 2.36. The van der Waals surface area contributed by atoms with E-state index in [0.29, 0.717) is 31.0 Å². The van der Waals surface area contributed by atoms with Crippen molar-refractivity contribution in [2.75, 3.05) is 20.8 Å². The predicted molar refractivity (Wildman–Crippen MR) is 96.3 cm³/mol. The van der Waals surface area contributed by atoms with Crippen LogP contribution in [0.4, 0.5) is 4.39 Å². The molecule has 0 saturated carbocycles. The van der Waals surface area contributed by atoms with E-state index in [-0.39, 0.29) is 18.2 Å². The van der Waals surface area contributed by atoms with Crippen molar-refractivity contribution in [1.29, 1.82) is 0 Å². The van der Waals surface area contributed by atoms with E-state index in [1.54, 1.807) is 20.3 Å². The van der Waals surface area contributed by atoms with Crippen molar-refractivity contribution in [2.45, 2.75) is 13.0 Å². The Morgan fingerprint density at radius 3 is 2.52 bits per heavy atom. The molecule has 0 saturated heterocycles. The van der Waals surface area contributed by atoms with Gasteiger partial charge in [0.15, 0.2) is 11.5 Å². The zero-order chi connectivity index (χ0) is 15.9. The summed E-state index contributed by atoms with van der Waals surface area (Å²) in [4.78, 5) is 0. The molecule has 0 aliphatic rings. The largest absolute Gasteiger partial charge is 0.493 e. The van der Waals surface area contributed by atoms with E-state index in [4.69, 9.17) is 9.47 Å². The fourth-order valence-corrected chi connectivity index (χ4v) is 2.88. The Labute approximate surface area is 150 Å². The van der Waals surface area contributed by atoms with Gasteiger partial charge in [0, 0.05) is 6.54 Å². The Morgan fingerprint density at radius 1 is 1.13 bits per heavy atom. The Bertz CT molecular complexity index is 640. The third-order valence-electron chi connectivity index (χ3n) is 3.35. The summed E-state index contributed by atoms with van der Waals surface area (Å²) in [5, 5.41) is 3.31. The van der Waals surface area contributed by atoms with Gasteiger partial charge in [-0.05, 0) is 58.2 Å². The molecule has 0 unspecified atom stereocenters. The molecule has 23 heavy (non-hydrogen) atoms. The Balaban J connectivity index is 0.00000264. The summed E-state index contributed by atoms with van der Waals surface area (Å²) in [5.74, 6) is 1.21. The molecule has 0 spiro atoms. The quantitative estimate of drug-likeness (QED) is 0.696. The average Bonchev–Trinajstić information content (AvgIpc) is 2.52. The van der Waals surface area contributed by atoms with Gasteiger partial charge in [0.2, 0.25) is 0 Å². The number of rotatable bonds is 7. The van der Waals surface area contributed by atoms with Crippen LogP contribution in [-0.2, 0) is 13.0 Å². The summed E-state index contributed by atoms with van der Waals surface area (Å²) in [7, 11) is 3.22. The van der Waals surface area contributed by atoms with Gasteiger partial charge in [-0.1, -0.05) is 18.2 Å². The monoisotopic (exact) mass is 403 g/mol. The fourth-order valence-electron chi connectivity index (χ4n) is 2.23. The molecule has 0 fully saturated rings. The van der Waals surface area contributed by atoms with Crippen molar-refractivity contribution in [3.05, 3.63) is 57.8 Å². The van der Waals surface area contributed by atoms with Crippen LogP contribution in [0.3, 0.4) is 0 Å². The summed E-state index contributed by atoms with van der Waals surface area (Å²) in [5.41, 5.74) is 1.79. The molecule has 126 valence electrons. The highest BCUT2D eigenvalue weighted by Gasteiger charge is 2.10. The minimum atomic E-state index is -0.154. The summed E-state index contributed by atoms with van der Waals surface area (Å²) < 4.78 is 25.0. The lowest BCUT2D eigenvalue weighted by Gasteiger charge is -2.12. The van der Waals surface area contributed by atoms with E-state index in [9.17, 15) is 4.39 Å². The molecule has 0 atom stereocenters. The Morgan fingerprint density at radius 2 is 1.87 bits per heavy atom. The van der Waals surface area contributed by atoms with Crippen molar-refractivity contribution in [3.8, 4) is 11.5 Å². The lowest BCUT2D eigenvalue weighted by molar-refractivity contribution is 0.352. The third-order valence-corrected chi connectivity index (χ3v) is 3.94. The van der Waals surface area contributed by atoms with Crippen molar-refractivity contribution < 1.29 is 13.9 Å². The van der Waals surface area contributed by atoms with Gasteiger partial charge in [0.25, 0.3) is 0 Å². The van der Waals surface area contributed by atoms with Gasteiger partial charge in [-0.25, -0.2) is 4.39 Å². The topological polar surface area (TPSA) is 30.5 Å². The molecule has 2 aromatic carbocycles. The van der Waals surface area contributed by atoms with Crippen LogP contribution in [0.15, 0.2) is 40.9 Å². The van der Waals surface area contributed by atoms with Gasteiger partial charge in [-0.3, -0.25) is 0 Å². The number of nitrogens with one attached hydrogen (secondary N) is 1. The van der Waals surface area contributed by atoms with Crippen LogP contribution < -0.4 is 14.8 Å². The molecule has 0 radical (unpaired) electrons. The van der Waals surface area contributed by atoms with E-state index in [0.717, 1.165) is 15.6 Å². The number of ether oxygens (including phenoxy) is 2. The second-order valence-corrected chi connectivity index (χ2v) is 5.69. The van der Waals surface area contributed by atoms with Gasteiger partial charge in [0.05, 0.1) is 18.7 Å². The first kappa shape index (κ1) is 19.7. The highest BCUT2D eigenvalue weighted by molar-refractivity contribution is 9.10. The fraction of sp³-hybridized carbons (Fsp3) is 0.294. The first-order chi connectivity index (χ1) is 10.7. The molecule has 0 heterocycles. The molecule has 0 aliphatic carbocycles. The Kier molecular flexibility index (Phi) is 8.37. The van der Waals surface area contributed by atoms with Gasteiger partial charge in [0.1, 0.15) is 5.82 Å². The minimum absolute atomic E-state index is 0. The van der Waals surface area contributed by atoms with E-state index in [2.05, 4.69) is 21.2 Å². The maximum Gasteiger partial charge on any atom is 0.174 e. The van der Waals surface area contributed by atoms with E-state index >= 15 is 0 Å². The summed E-state index contributed by atoms with van der Waals surface area (Å²) >= 11 is 3.47. The molecule has 1 N–H and O–H groups in total. The lowest BCUT2D eigenvalue weighted by Crippen LogP contribution is -2.17. The van der Waals surface area contributed by atoms with Gasteiger partial charge < -0.3 is 14.8 Å². The number of hydrogen-bond donors (Lipinski definition) is 1. The van der Waals surface area contributed by atoms with E-state index < -0.39 is 0 Å². The lowest BCUT2D eigenvalue weighted by atomic mass is 10.1. The van der Waals surface area contributed by atoms with Crippen LogP contribution in [-0.4, -0.2) is 20.8 Å². The maximum atomic E-state index is 13.5.